The van der Waals surface area contributed by atoms with Crippen molar-refractivity contribution in [3.63, 3.8) is 0 Å². The lowest BCUT2D eigenvalue weighted by atomic mass is 10.0. The molecule has 1 aromatic heterocycles. The lowest BCUT2D eigenvalue weighted by Gasteiger charge is -2.02. The molecule has 1 aromatic carbocycles. The number of benzene rings is 1. The summed E-state index contributed by atoms with van der Waals surface area (Å²) in [5.74, 6) is 1.79. The molecule has 1 atom stereocenters. The van der Waals surface area contributed by atoms with Crippen LogP contribution in [-0.2, 0) is 0 Å². The molecule has 0 bridgehead atoms. The van der Waals surface area contributed by atoms with Gasteiger partial charge in [-0.3, -0.25) is 0 Å². The standard InChI is InChI=1S/C17H21N3O/c1-3-4-12(2)13-5-7-14(8-6-13)16-19-17(21-20-16)15-9-10-18-11-15/h4-8,15,18H,3,9-11H2,1-2H3/b12-4+. The minimum atomic E-state index is 0.361. The second-order valence-corrected chi connectivity index (χ2v) is 5.52. The minimum absolute atomic E-state index is 0.361. The number of allylic oxidation sites excluding steroid dienone is 2. The van der Waals surface area contributed by atoms with Gasteiger partial charge in [-0.25, -0.2) is 0 Å². The van der Waals surface area contributed by atoms with Gasteiger partial charge in [-0.05, 0) is 37.4 Å². The van der Waals surface area contributed by atoms with Crippen molar-refractivity contribution in [3.8, 4) is 11.4 Å². The smallest absolute Gasteiger partial charge is 0.231 e. The Labute approximate surface area is 125 Å². The molecule has 0 saturated carbocycles. The predicted molar refractivity (Wildman–Crippen MR) is 83.9 cm³/mol. The Morgan fingerprint density at radius 1 is 1.38 bits per heavy atom. The molecule has 4 heteroatoms. The highest BCUT2D eigenvalue weighted by Gasteiger charge is 2.22. The van der Waals surface area contributed by atoms with E-state index >= 15 is 0 Å². The number of hydrogen-bond donors (Lipinski definition) is 1. The van der Waals surface area contributed by atoms with E-state index < -0.39 is 0 Å². The van der Waals surface area contributed by atoms with Crippen LogP contribution < -0.4 is 5.32 Å². The Kier molecular flexibility index (Phi) is 4.15. The quantitative estimate of drug-likeness (QED) is 0.931. The minimum Gasteiger partial charge on any atom is -0.339 e. The number of hydrogen-bond acceptors (Lipinski definition) is 4. The molecule has 2 heterocycles. The molecule has 1 unspecified atom stereocenters. The third kappa shape index (κ3) is 3.05. The van der Waals surface area contributed by atoms with E-state index in [1.807, 2.05) is 0 Å². The fraction of sp³-hybridized carbons (Fsp3) is 0.412. The molecule has 1 fully saturated rings. The summed E-state index contributed by atoms with van der Waals surface area (Å²) >= 11 is 0. The SMILES string of the molecule is CC/C=C(\C)c1ccc(-c2noc(C3CCNC3)n2)cc1. The zero-order valence-electron chi connectivity index (χ0n) is 12.6. The summed E-state index contributed by atoms with van der Waals surface area (Å²) in [4.78, 5) is 4.54. The van der Waals surface area contributed by atoms with Crippen LogP contribution in [0.2, 0.25) is 0 Å². The zero-order chi connectivity index (χ0) is 14.7. The maximum Gasteiger partial charge on any atom is 0.231 e. The molecular weight excluding hydrogens is 262 g/mol. The van der Waals surface area contributed by atoms with Crippen LogP contribution in [0, 0.1) is 0 Å². The summed E-state index contributed by atoms with van der Waals surface area (Å²) in [6, 6.07) is 8.35. The summed E-state index contributed by atoms with van der Waals surface area (Å²) in [6.45, 7) is 6.25. The fourth-order valence-corrected chi connectivity index (χ4v) is 2.69. The molecule has 1 aliphatic heterocycles. The first-order chi connectivity index (χ1) is 10.3. The van der Waals surface area contributed by atoms with Crippen LogP contribution in [-0.4, -0.2) is 23.2 Å². The Bertz CT molecular complexity index is 622. The van der Waals surface area contributed by atoms with Crippen molar-refractivity contribution in [1.29, 1.82) is 0 Å². The van der Waals surface area contributed by atoms with Crippen LogP contribution in [0.5, 0.6) is 0 Å². The van der Waals surface area contributed by atoms with Crippen molar-refractivity contribution < 1.29 is 4.52 Å². The molecule has 21 heavy (non-hydrogen) atoms. The highest BCUT2D eigenvalue weighted by Crippen LogP contribution is 2.25. The molecule has 1 saturated heterocycles. The fourth-order valence-electron chi connectivity index (χ4n) is 2.69. The van der Waals surface area contributed by atoms with Gasteiger partial charge in [0.2, 0.25) is 11.7 Å². The van der Waals surface area contributed by atoms with Crippen LogP contribution in [0.15, 0.2) is 34.9 Å². The van der Waals surface area contributed by atoms with Crippen LogP contribution >= 0.6 is 0 Å². The van der Waals surface area contributed by atoms with E-state index in [9.17, 15) is 0 Å². The van der Waals surface area contributed by atoms with E-state index in [1.54, 1.807) is 0 Å². The van der Waals surface area contributed by atoms with Gasteiger partial charge >= 0.3 is 0 Å². The highest BCUT2D eigenvalue weighted by molar-refractivity contribution is 5.66. The van der Waals surface area contributed by atoms with Crippen LogP contribution in [0.4, 0.5) is 0 Å². The molecule has 1 N–H and O–H groups in total. The van der Waals surface area contributed by atoms with Crippen molar-refractivity contribution >= 4 is 5.57 Å². The van der Waals surface area contributed by atoms with Crippen molar-refractivity contribution in [3.05, 3.63) is 41.8 Å². The van der Waals surface area contributed by atoms with Crippen molar-refractivity contribution in [2.24, 2.45) is 0 Å². The number of nitrogens with one attached hydrogen (secondary N) is 1. The topological polar surface area (TPSA) is 51.0 Å². The van der Waals surface area contributed by atoms with Crippen molar-refractivity contribution in [2.75, 3.05) is 13.1 Å². The molecule has 2 aromatic rings. The molecule has 1 aliphatic rings. The first kappa shape index (κ1) is 14.0. The van der Waals surface area contributed by atoms with E-state index in [4.69, 9.17) is 4.52 Å². The van der Waals surface area contributed by atoms with Crippen LogP contribution in [0.3, 0.4) is 0 Å². The molecule has 0 aliphatic carbocycles. The van der Waals surface area contributed by atoms with E-state index in [-0.39, 0.29) is 0 Å². The lowest BCUT2D eigenvalue weighted by Crippen LogP contribution is -2.08. The maximum atomic E-state index is 5.41. The molecule has 0 spiro atoms. The molecular formula is C17H21N3O. The molecule has 3 rings (SSSR count). The largest absolute Gasteiger partial charge is 0.339 e. The van der Waals surface area contributed by atoms with Gasteiger partial charge in [0.1, 0.15) is 0 Å². The molecule has 0 amide bonds. The van der Waals surface area contributed by atoms with Gasteiger partial charge in [-0.2, -0.15) is 4.98 Å². The number of aromatic nitrogens is 2. The Balaban J connectivity index is 1.79. The van der Waals surface area contributed by atoms with E-state index in [0.717, 1.165) is 37.4 Å². The number of rotatable bonds is 4. The second kappa shape index (κ2) is 6.22. The summed E-state index contributed by atoms with van der Waals surface area (Å²) in [5.41, 5.74) is 3.54. The Morgan fingerprint density at radius 3 is 2.86 bits per heavy atom. The molecule has 4 nitrogen and oxygen atoms in total. The average molecular weight is 283 g/mol. The molecule has 110 valence electrons. The number of nitrogens with zero attached hydrogens (tertiary/aromatic N) is 2. The van der Waals surface area contributed by atoms with Crippen molar-refractivity contribution in [2.45, 2.75) is 32.6 Å². The van der Waals surface area contributed by atoms with Gasteiger partial charge in [0.25, 0.3) is 0 Å². The zero-order valence-corrected chi connectivity index (χ0v) is 12.6. The van der Waals surface area contributed by atoms with Gasteiger partial charge in [0.15, 0.2) is 0 Å². The normalized spacial score (nSPS) is 19.1. The van der Waals surface area contributed by atoms with E-state index in [2.05, 4.69) is 59.6 Å². The van der Waals surface area contributed by atoms with Gasteiger partial charge in [-0.15, -0.1) is 0 Å². The third-order valence-electron chi connectivity index (χ3n) is 3.96. The predicted octanol–water partition coefficient (Wildman–Crippen LogP) is 3.63. The van der Waals surface area contributed by atoms with Crippen LogP contribution in [0.1, 0.15) is 44.1 Å². The van der Waals surface area contributed by atoms with E-state index in [0.29, 0.717) is 11.7 Å². The van der Waals surface area contributed by atoms with Gasteiger partial charge in [-0.1, -0.05) is 42.4 Å². The van der Waals surface area contributed by atoms with Crippen LogP contribution in [0.25, 0.3) is 17.0 Å². The Hall–Kier alpha value is -1.94. The highest BCUT2D eigenvalue weighted by atomic mass is 16.5. The van der Waals surface area contributed by atoms with Gasteiger partial charge in [0, 0.05) is 12.1 Å². The third-order valence-corrected chi connectivity index (χ3v) is 3.96. The summed E-state index contributed by atoms with van der Waals surface area (Å²) in [6.07, 6.45) is 4.35. The van der Waals surface area contributed by atoms with E-state index in [1.165, 1.54) is 11.1 Å². The summed E-state index contributed by atoms with van der Waals surface area (Å²) < 4.78 is 5.41. The maximum absolute atomic E-state index is 5.41. The van der Waals surface area contributed by atoms with Gasteiger partial charge < -0.3 is 9.84 Å². The lowest BCUT2D eigenvalue weighted by molar-refractivity contribution is 0.359. The second-order valence-electron chi connectivity index (χ2n) is 5.52. The van der Waals surface area contributed by atoms with Gasteiger partial charge in [0.05, 0.1) is 5.92 Å². The first-order valence-electron chi connectivity index (χ1n) is 7.60. The first-order valence-corrected chi connectivity index (χ1v) is 7.60. The molecule has 0 radical (unpaired) electrons. The average Bonchev–Trinajstić information content (AvgIpc) is 3.19. The Morgan fingerprint density at radius 2 is 2.19 bits per heavy atom. The van der Waals surface area contributed by atoms with Crippen molar-refractivity contribution in [1.82, 2.24) is 15.5 Å². The monoisotopic (exact) mass is 283 g/mol. The summed E-state index contributed by atoms with van der Waals surface area (Å²) in [7, 11) is 0. The summed E-state index contributed by atoms with van der Waals surface area (Å²) in [5, 5.41) is 7.43.